The number of methoxy groups -OCH3 is 1. The van der Waals surface area contributed by atoms with E-state index in [1.807, 2.05) is 6.92 Å². The molecule has 3 rings (SSSR count). The highest BCUT2D eigenvalue weighted by Crippen LogP contribution is 2.37. The number of phenolic OH excluding ortho intramolecular Hbond substituents is 1. The predicted octanol–water partition coefficient (Wildman–Crippen LogP) is 2.57. The zero-order valence-corrected chi connectivity index (χ0v) is 12.9. The number of aryl methyl sites for hydroxylation is 2. The number of carbonyl (C=O) groups is 3. The number of phenols is 1. The maximum absolute atomic E-state index is 12.7. The molecule has 0 atom stereocenters. The molecular weight excluding hydrogens is 296 g/mol. The van der Waals surface area contributed by atoms with Crippen LogP contribution in [-0.2, 0) is 4.74 Å². The van der Waals surface area contributed by atoms with Gasteiger partial charge in [0.05, 0.1) is 12.7 Å². The lowest BCUT2D eigenvalue weighted by molar-refractivity contribution is 0.0596. The fourth-order valence-electron chi connectivity index (χ4n) is 2.89. The lowest BCUT2D eigenvalue weighted by Gasteiger charge is -2.21. The molecule has 116 valence electrons. The number of ketones is 2. The van der Waals surface area contributed by atoms with Crippen molar-refractivity contribution in [3.63, 3.8) is 0 Å². The number of carbonyl (C=O) groups excluding carboxylic acids is 3. The van der Waals surface area contributed by atoms with Gasteiger partial charge < -0.3 is 9.84 Å². The second kappa shape index (κ2) is 5.05. The first kappa shape index (κ1) is 15.0. The maximum atomic E-state index is 12.7. The minimum absolute atomic E-state index is 0.0940. The summed E-state index contributed by atoms with van der Waals surface area (Å²) in [6, 6.07) is 6.42. The fourth-order valence-corrected chi connectivity index (χ4v) is 2.89. The zero-order chi connectivity index (χ0) is 16.9. The Kier molecular flexibility index (Phi) is 3.29. The average Bonchev–Trinajstić information content (AvgIpc) is 2.51. The third-order valence-corrected chi connectivity index (χ3v) is 4.02. The highest BCUT2D eigenvalue weighted by Gasteiger charge is 2.35. The van der Waals surface area contributed by atoms with Gasteiger partial charge >= 0.3 is 5.97 Å². The van der Waals surface area contributed by atoms with Crippen LogP contribution in [0.25, 0.3) is 0 Å². The van der Waals surface area contributed by atoms with Crippen LogP contribution in [0, 0.1) is 13.8 Å². The topological polar surface area (TPSA) is 80.7 Å². The molecule has 1 N–H and O–H groups in total. The summed E-state index contributed by atoms with van der Waals surface area (Å²) in [4.78, 5) is 37.2. The number of hydrogen-bond donors (Lipinski definition) is 1. The van der Waals surface area contributed by atoms with Gasteiger partial charge in [-0.15, -0.1) is 0 Å². The van der Waals surface area contributed by atoms with E-state index in [1.54, 1.807) is 25.1 Å². The molecule has 0 unspecified atom stereocenters. The Morgan fingerprint density at radius 2 is 1.70 bits per heavy atom. The van der Waals surface area contributed by atoms with Crippen LogP contribution in [0.2, 0.25) is 0 Å². The molecule has 2 aromatic rings. The number of esters is 1. The molecule has 5 nitrogen and oxygen atoms in total. The normalized spacial score (nSPS) is 12.7. The van der Waals surface area contributed by atoms with Crippen molar-refractivity contribution in [1.29, 1.82) is 0 Å². The van der Waals surface area contributed by atoms with Crippen LogP contribution in [0.15, 0.2) is 24.3 Å². The van der Waals surface area contributed by atoms with Crippen molar-refractivity contribution in [2.75, 3.05) is 7.11 Å². The Morgan fingerprint density at radius 1 is 1.00 bits per heavy atom. The monoisotopic (exact) mass is 310 g/mol. The molecule has 0 fully saturated rings. The van der Waals surface area contributed by atoms with Crippen molar-refractivity contribution in [3.8, 4) is 5.75 Å². The first-order valence-electron chi connectivity index (χ1n) is 7.01. The lowest BCUT2D eigenvalue weighted by atomic mass is 9.81. The zero-order valence-electron chi connectivity index (χ0n) is 12.9. The molecular formula is C18H14O5. The molecule has 0 aliphatic heterocycles. The van der Waals surface area contributed by atoms with Crippen molar-refractivity contribution >= 4 is 17.5 Å². The summed E-state index contributed by atoms with van der Waals surface area (Å²) in [5.41, 5.74) is 1.62. The molecule has 0 radical (unpaired) electrons. The Hall–Kier alpha value is -2.95. The maximum Gasteiger partial charge on any atom is 0.341 e. The van der Waals surface area contributed by atoms with Crippen molar-refractivity contribution in [2.45, 2.75) is 13.8 Å². The second-order valence-electron chi connectivity index (χ2n) is 5.54. The van der Waals surface area contributed by atoms with Gasteiger partial charge in [0, 0.05) is 16.7 Å². The number of aromatic hydroxyl groups is 1. The number of ether oxygens (including phenoxy) is 1. The first-order chi connectivity index (χ1) is 10.9. The van der Waals surface area contributed by atoms with E-state index < -0.39 is 17.5 Å². The summed E-state index contributed by atoms with van der Waals surface area (Å²) < 4.78 is 4.64. The molecule has 0 bridgehead atoms. The lowest BCUT2D eigenvalue weighted by Crippen LogP contribution is -2.23. The van der Waals surface area contributed by atoms with Crippen LogP contribution in [-0.4, -0.2) is 29.8 Å². The van der Waals surface area contributed by atoms with Crippen LogP contribution in [0.1, 0.15) is 53.3 Å². The number of fused-ring (bicyclic) bond motifs is 2. The van der Waals surface area contributed by atoms with Crippen LogP contribution >= 0.6 is 0 Å². The Morgan fingerprint density at radius 3 is 2.35 bits per heavy atom. The fraction of sp³-hybridized carbons (Fsp3) is 0.167. The van der Waals surface area contributed by atoms with E-state index in [4.69, 9.17) is 0 Å². The quantitative estimate of drug-likeness (QED) is 0.699. The molecule has 5 heteroatoms. The summed E-state index contributed by atoms with van der Waals surface area (Å²) in [5.74, 6) is -2.07. The van der Waals surface area contributed by atoms with E-state index in [9.17, 15) is 19.5 Å². The summed E-state index contributed by atoms with van der Waals surface area (Å²) in [6.07, 6.45) is 0. The van der Waals surface area contributed by atoms with E-state index >= 15 is 0 Å². The Bertz CT molecular complexity index is 893. The molecule has 0 spiro atoms. The van der Waals surface area contributed by atoms with Gasteiger partial charge in [-0.3, -0.25) is 9.59 Å². The molecule has 0 amide bonds. The molecule has 1 aliphatic rings. The van der Waals surface area contributed by atoms with Gasteiger partial charge in [0.25, 0.3) is 0 Å². The van der Waals surface area contributed by atoms with Gasteiger partial charge in [0.2, 0.25) is 0 Å². The molecule has 1 aliphatic carbocycles. The van der Waals surface area contributed by atoms with E-state index in [1.165, 1.54) is 13.2 Å². The van der Waals surface area contributed by atoms with Gasteiger partial charge in [0.1, 0.15) is 11.3 Å². The minimum atomic E-state index is -0.752. The van der Waals surface area contributed by atoms with E-state index in [2.05, 4.69) is 4.74 Å². The Balaban J connectivity index is 2.34. The number of benzene rings is 2. The minimum Gasteiger partial charge on any atom is -0.506 e. The largest absolute Gasteiger partial charge is 0.506 e. The van der Waals surface area contributed by atoms with E-state index in [0.717, 1.165) is 5.56 Å². The third kappa shape index (κ3) is 2.04. The highest BCUT2D eigenvalue weighted by molar-refractivity contribution is 6.30. The van der Waals surface area contributed by atoms with Crippen LogP contribution < -0.4 is 0 Å². The molecule has 0 heterocycles. The molecule has 0 aromatic heterocycles. The summed E-state index contributed by atoms with van der Waals surface area (Å²) >= 11 is 0. The molecule has 0 saturated heterocycles. The van der Waals surface area contributed by atoms with Crippen molar-refractivity contribution in [1.82, 2.24) is 0 Å². The van der Waals surface area contributed by atoms with Gasteiger partial charge in [-0.25, -0.2) is 4.79 Å². The van der Waals surface area contributed by atoms with Gasteiger partial charge in [-0.2, -0.15) is 0 Å². The van der Waals surface area contributed by atoms with E-state index in [0.29, 0.717) is 11.1 Å². The number of rotatable bonds is 1. The first-order valence-corrected chi connectivity index (χ1v) is 7.01. The van der Waals surface area contributed by atoms with Crippen molar-refractivity contribution in [2.24, 2.45) is 0 Å². The average molecular weight is 310 g/mol. The van der Waals surface area contributed by atoms with Gasteiger partial charge in [0.15, 0.2) is 11.6 Å². The molecule has 0 saturated carbocycles. The van der Waals surface area contributed by atoms with Crippen molar-refractivity contribution in [3.05, 3.63) is 63.2 Å². The van der Waals surface area contributed by atoms with Crippen LogP contribution in [0.5, 0.6) is 5.75 Å². The van der Waals surface area contributed by atoms with Gasteiger partial charge in [-0.1, -0.05) is 17.7 Å². The van der Waals surface area contributed by atoms with Crippen molar-refractivity contribution < 1.29 is 24.2 Å². The SMILES string of the molecule is COC(=O)c1c(C)cc2c(c1O)C(=O)c1cc(C)ccc1C2=O. The Labute approximate surface area is 132 Å². The summed E-state index contributed by atoms with van der Waals surface area (Å²) in [5, 5.41) is 10.4. The summed E-state index contributed by atoms with van der Waals surface area (Å²) in [7, 11) is 1.19. The van der Waals surface area contributed by atoms with E-state index in [-0.39, 0.29) is 28.0 Å². The van der Waals surface area contributed by atoms with Crippen LogP contribution in [0.3, 0.4) is 0 Å². The second-order valence-corrected chi connectivity index (χ2v) is 5.54. The number of hydrogen-bond acceptors (Lipinski definition) is 5. The van der Waals surface area contributed by atoms with Gasteiger partial charge in [-0.05, 0) is 31.5 Å². The predicted molar refractivity (Wildman–Crippen MR) is 82.2 cm³/mol. The smallest absolute Gasteiger partial charge is 0.341 e. The molecule has 23 heavy (non-hydrogen) atoms. The highest BCUT2D eigenvalue weighted by atomic mass is 16.5. The third-order valence-electron chi connectivity index (χ3n) is 4.02. The standard InChI is InChI=1S/C18H14O5/c1-8-4-5-10-11(6-8)16(20)14-12(15(10)19)7-9(2)13(17(14)21)18(22)23-3/h4-7,21H,1-3H3. The van der Waals surface area contributed by atoms with Crippen LogP contribution in [0.4, 0.5) is 0 Å². The molecule has 2 aromatic carbocycles. The summed E-state index contributed by atoms with van der Waals surface area (Å²) in [6.45, 7) is 3.39.